The van der Waals surface area contributed by atoms with Gasteiger partial charge in [0.25, 0.3) is 0 Å². The van der Waals surface area contributed by atoms with Crippen LogP contribution in [0, 0.1) is 0 Å². The minimum absolute atomic E-state index is 0.291. The van der Waals surface area contributed by atoms with Gasteiger partial charge in [-0.3, -0.25) is 4.79 Å². The van der Waals surface area contributed by atoms with E-state index in [-0.39, 0.29) is 5.92 Å². The Bertz CT molecular complexity index is 540. The van der Waals surface area contributed by atoms with Gasteiger partial charge in [-0.2, -0.15) is 4.72 Å². The fraction of sp³-hybridized carbons (Fsp3) is 0.364. The zero-order valence-electron chi connectivity index (χ0n) is 9.25. The van der Waals surface area contributed by atoms with Crippen molar-refractivity contribution in [3.63, 3.8) is 0 Å². The molecule has 0 aliphatic heterocycles. The number of nitrogens with one attached hydrogen (secondary N) is 1. The van der Waals surface area contributed by atoms with Crippen molar-refractivity contribution in [3.8, 4) is 0 Å². The van der Waals surface area contributed by atoms with Gasteiger partial charge in [0.1, 0.15) is 5.54 Å². The van der Waals surface area contributed by atoms with Gasteiger partial charge in [-0.05, 0) is 12.0 Å². The fourth-order valence-corrected chi connectivity index (χ4v) is 3.05. The third-order valence-corrected chi connectivity index (χ3v) is 3.65. The van der Waals surface area contributed by atoms with Gasteiger partial charge in [-0.1, -0.05) is 30.3 Å². The fourth-order valence-electron chi connectivity index (χ4n) is 2.07. The van der Waals surface area contributed by atoms with E-state index in [9.17, 15) is 18.3 Å². The van der Waals surface area contributed by atoms with E-state index < -0.39 is 21.5 Å². The number of carboxylic acid groups (broad SMARTS) is 1. The summed E-state index contributed by atoms with van der Waals surface area (Å²) in [7, 11) is -3.54. The molecule has 92 valence electrons. The first kappa shape index (κ1) is 12.1. The van der Waals surface area contributed by atoms with Crippen molar-refractivity contribution < 1.29 is 18.3 Å². The van der Waals surface area contributed by atoms with Gasteiger partial charge < -0.3 is 5.11 Å². The van der Waals surface area contributed by atoms with Crippen LogP contribution < -0.4 is 4.72 Å². The summed E-state index contributed by atoms with van der Waals surface area (Å²) < 4.78 is 24.6. The summed E-state index contributed by atoms with van der Waals surface area (Å²) in [5, 5.41) is 9.17. The van der Waals surface area contributed by atoms with Crippen LogP contribution in [0.2, 0.25) is 0 Å². The molecule has 0 saturated heterocycles. The Labute approximate surface area is 99.5 Å². The van der Waals surface area contributed by atoms with Gasteiger partial charge >= 0.3 is 5.97 Å². The number of sulfonamides is 1. The summed E-state index contributed by atoms with van der Waals surface area (Å²) in [4.78, 5) is 11.2. The van der Waals surface area contributed by atoms with Gasteiger partial charge in [-0.15, -0.1) is 0 Å². The quantitative estimate of drug-likeness (QED) is 0.822. The molecule has 0 radical (unpaired) electrons. The van der Waals surface area contributed by atoms with Crippen LogP contribution in [-0.2, 0) is 14.8 Å². The second-order valence-electron chi connectivity index (χ2n) is 4.32. The molecule has 1 saturated carbocycles. The molecule has 2 rings (SSSR count). The van der Waals surface area contributed by atoms with Crippen LogP contribution in [0.15, 0.2) is 30.3 Å². The van der Waals surface area contributed by atoms with E-state index in [2.05, 4.69) is 4.72 Å². The Morgan fingerprint density at radius 3 is 2.47 bits per heavy atom. The Morgan fingerprint density at radius 2 is 2.00 bits per heavy atom. The highest BCUT2D eigenvalue weighted by atomic mass is 32.2. The maximum Gasteiger partial charge on any atom is 0.325 e. The molecular formula is C11H13NO4S. The first-order valence-electron chi connectivity index (χ1n) is 5.12. The SMILES string of the molecule is CS(=O)(=O)NC1(C(=O)O)CC1c1ccccc1. The van der Waals surface area contributed by atoms with Crippen LogP contribution in [0.3, 0.4) is 0 Å². The molecule has 1 aliphatic carbocycles. The van der Waals surface area contributed by atoms with E-state index in [0.717, 1.165) is 11.8 Å². The van der Waals surface area contributed by atoms with Crippen LogP contribution in [0.25, 0.3) is 0 Å². The number of carboxylic acids is 1. The number of benzene rings is 1. The first-order valence-corrected chi connectivity index (χ1v) is 7.01. The highest BCUT2D eigenvalue weighted by molar-refractivity contribution is 7.88. The summed E-state index contributed by atoms with van der Waals surface area (Å²) in [5.41, 5.74) is -0.527. The summed E-state index contributed by atoms with van der Waals surface area (Å²) in [6.45, 7) is 0. The van der Waals surface area contributed by atoms with Crippen molar-refractivity contribution in [2.24, 2.45) is 0 Å². The zero-order valence-corrected chi connectivity index (χ0v) is 10.1. The lowest BCUT2D eigenvalue weighted by atomic mass is 10.1. The average molecular weight is 255 g/mol. The summed E-state index contributed by atoms with van der Waals surface area (Å²) in [6, 6.07) is 9.05. The largest absolute Gasteiger partial charge is 0.480 e. The van der Waals surface area contributed by atoms with E-state index in [1.165, 1.54) is 0 Å². The molecule has 1 aliphatic rings. The lowest BCUT2D eigenvalue weighted by Crippen LogP contribution is -2.43. The molecule has 1 fully saturated rings. The van der Waals surface area contributed by atoms with Crippen molar-refractivity contribution >= 4 is 16.0 Å². The number of aliphatic carboxylic acids is 1. The summed E-state index contributed by atoms with van der Waals surface area (Å²) in [6.07, 6.45) is 1.26. The molecule has 1 aromatic carbocycles. The highest BCUT2D eigenvalue weighted by Gasteiger charge is 2.62. The smallest absolute Gasteiger partial charge is 0.325 e. The van der Waals surface area contributed by atoms with Gasteiger partial charge in [0, 0.05) is 5.92 Å². The highest BCUT2D eigenvalue weighted by Crippen LogP contribution is 2.51. The van der Waals surface area contributed by atoms with E-state index in [4.69, 9.17) is 0 Å². The number of hydrogen-bond donors (Lipinski definition) is 2. The maximum atomic E-state index is 11.2. The number of carbonyl (C=O) groups is 1. The lowest BCUT2D eigenvalue weighted by molar-refractivity contribution is -0.140. The van der Waals surface area contributed by atoms with Crippen LogP contribution >= 0.6 is 0 Å². The van der Waals surface area contributed by atoms with Crippen molar-refractivity contribution in [2.45, 2.75) is 17.9 Å². The third kappa shape index (κ3) is 2.32. The standard InChI is InChI=1S/C11H13NO4S/c1-17(15,16)12-11(10(13)14)7-9(11)8-5-3-2-4-6-8/h2-6,9,12H,7H2,1H3,(H,13,14). The molecule has 2 N–H and O–H groups in total. The van der Waals surface area contributed by atoms with Crippen LogP contribution in [0.1, 0.15) is 17.9 Å². The normalized spacial score (nSPS) is 27.7. The van der Waals surface area contributed by atoms with Gasteiger partial charge in [0.15, 0.2) is 0 Å². The molecule has 6 heteroatoms. The molecule has 1 aromatic rings. The molecule has 17 heavy (non-hydrogen) atoms. The van der Waals surface area contributed by atoms with Crippen LogP contribution in [-0.4, -0.2) is 31.3 Å². The monoisotopic (exact) mass is 255 g/mol. The predicted octanol–water partition coefficient (Wildman–Crippen LogP) is 0.546. The minimum Gasteiger partial charge on any atom is -0.480 e. The van der Waals surface area contributed by atoms with E-state index in [0.29, 0.717) is 6.42 Å². The Balaban J connectivity index is 2.28. The second-order valence-corrected chi connectivity index (χ2v) is 6.07. The zero-order chi connectivity index (χ0) is 12.7. The lowest BCUT2D eigenvalue weighted by Gasteiger charge is -2.13. The van der Waals surface area contributed by atoms with E-state index >= 15 is 0 Å². The Hall–Kier alpha value is -1.40. The molecule has 0 bridgehead atoms. The molecular weight excluding hydrogens is 242 g/mol. The second kappa shape index (κ2) is 3.82. The minimum atomic E-state index is -3.54. The van der Waals surface area contributed by atoms with Crippen LogP contribution in [0.5, 0.6) is 0 Å². The van der Waals surface area contributed by atoms with Gasteiger partial charge in [0.2, 0.25) is 10.0 Å². The first-order chi connectivity index (χ1) is 7.85. The molecule has 0 spiro atoms. The van der Waals surface area contributed by atoms with Crippen molar-refractivity contribution in [1.29, 1.82) is 0 Å². The molecule has 0 amide bonds. The van der Waals surface area contributed by atoms with Crippen molar-refractivity contribution in [2.75, 3.05) is 6.26 Å². The third-order valence-electron chi connectivity index (χ3n) is 2.91. The average Bonchev–Trinajstić information content (AvgIpc) is 2.92. The predicted molar refractivity (Wildman–Crippen MR) is 62.1 cm³/mol. The molecule has 0 aromatic heterocycles. The molecule has 0 heterocycles. The molecule has 2 atom stereocenters. The Kier molecular flexibility index (Phi) is 2.71. The topological polar surface area (TPSA) is 83.5 Å². The summed E-state index contributed by atoms with van der Waals surface area (Å²) >= 11 is 0. The molecule has 5 nitrogen and oxygen atoms in total. The summed E-state index contributed by atoms with van der Waals surface area (Å²) in [5.74, 6) is -1.42. The molecule has 2 unspecified atom stereocenters. The number of rotatable bonds is 4. The van der Waals surface area contributed by atoms with Crippen LogP contribution in [0.4, 0.5) is 0 Å². The van der Waals surface area contributed by atoms with E-state index in [1.807, 2.05) is 6.07 Å². The van der Waals surface area contributed by atoms with Gasteiger partial charge in [-0.25, -0.2) is 8.42 Å². The Morgan fingerprint density at radius 1 is 1.41 bits per heavy atom. The number of hydrogen-bond acceptors (Lipinski definition) is 3. The maximum absolute atomic E-state index is 11.2. The van der Waals surface area contributed by atoms with Gasteiger partial charge in [0.05, 0.1) is 6.26 Å². The van der Waals surface area contributed by atoms with E-state index in [1.54, 1.807) is 24.3 Å². The van der Waals surface area contributed by atoms with Crippen molar-refractivity contribution in [3.05, 3.63) is 35.9 Å². The van der Waals surface area contributed by atoms with Crippen molar-refractivity contribution in [1.82, 2.24) is 4.72 Å².